The Balaban J connectivity index is 0.000000281. The molecular weight excluding hydrogens is 134 g/mol. The van der Waals surface area contributed by atoms with Crippen molar-refractivity contribution in [2.45, 2.75) is 52.0 Å². The van der Waals surface area contributed by atoms with E-state index in [4.69, 9.17) is 0 Å². The summed E-state index contributed by atoms with van der Waals surface area (Å²) in [4.78, 5) is 2.66. The molecule has 1 saturated carbocycles. The third-order valence-corrected chi connectivity index (χ3v) is 2.95. The Morgan fingerprint density at radius 3 is 2.18 bits per heavy atom. The van der Waals surface area contributed by atoms with Gasteiger partial charge in [0, 0.05) is 5.54 Å². The van der Waals surface area contributed by atoms with Crippen molar-refractivity contribution in [2.24, 2.45) is 0 Å². The van der Waals surface area contributed by atoms with E-state index in [2.05, 4.69) is 11.8 Å². The average molecular weight is 155 g/mol. The van der Waals surface area contributed by atoms with E-state index in [0.717, 1.165) is 5.54 Å². The summed E-state index contributed by atoms with van der Waals surface area (Å²) in [6, 6.07) is 0. The Labute approximate surface area is 70.8 Å². The summed E-state index contributed by atoms with van der Waals surface area (Å²) in [6.07, 6.45) is 5.91. The summed E-state index contributed by atoms with van der Waals surface area (Å²) in [6.45, 7) is 8.93. The fraction of sp³-hybridized carbons (Fsp3) is 1.00. The van der Waals surface area contributed by atoms with Gasteiger partial charge < -0.3 is 0 Å². The molecule has 2 fully saturated rings. The number of hydrogen-bond donors (Lipinski definition) is 0. The van der Waals surface area contributed by atoms with Crippen LogP contribution < -0.4 is 0 Å². The predicted molar refractivity (Wildman–Crippen MR) is 49.8 cm³/mol. The molecule has 0 N–H and O–H groups in total. The smallest absolute Gasteiger partial charge is 0.0211 e. The van der Waals surface area contributed by atoms with Crippen molar-refractivity contribution in [2.75, 3.05) is 13.1 Å². The summed E-state index contributed by atoms with van der Waals surface area (Å²) < 4.78 is 0. The van der Waals surface area contributed by atoms with Gasteiger partial charge in [-0.05, 0) is 38.8 Å². The molecule has 0 radical (unpaired) electrons. The highest BCUT2D eigenvalue weighted by Gasteiger charge is 2.49. The SMILES string of the molecule is CC.CCN1CCCC12CC2. The maximum absolute atomic E-state index is 2.66. The van der Waals surface area contributed by atoms with Crippen molar-refractivity contribution in [3.8, 4) is 0 Å². The molecule has 1 heterocycles. The zero-order chi connectivity index (χ0) is 8.32. The van der Waals surface area contributed by atoms with E-state index in [-0.39, 0.29) is 0 Å². The van der Waals surface area contributed by atoms with Gasteiger partial charge in [-0.25, -0.2) is 0 Å². The standard InChI is InChI=1S/C8H15N.C2H6/c1-2-9-7-3-4-8(9)5-6-8;1-2/h2-7H2,1H3;1-2H3. The molecule has 11 heavy (non-hydrogen) atoms. The zero-order valence-electron chi connectivity index (χ0n) is 8.19. The minimum Gasteiger partial charge on any atom is -0.298 e. The van der Waals surface area contributed by atoms with Crippen LogP contribution >= 0.6 is 0 Å². The first-order valence-electron chi connectivity index (χ1n) is 5.12. The first-order valence-corrected chi connectivity index (χ1v) is 5.12. The van der Waals surface area contributed by atoms with Gasteiger partial charge in [-0.15, -0.1) is 0 Å². The molecule has 0 aromatic rings. The Morgan fingerprint density at radius 1 is 1.18 bits per heavy atom. The van der Waals surface area contributed by atoms with E-state index in [1.807, 2.05) is 13.8 Å². The van der Waals surface area contributed by atoms with E-state index >= 15 is 0 Å². The van der Waals surface area contributed by atoms with Crippen molar-refractivity contribution in [1.29, 1.82) is 0 Å². The summed E-state index contributed by atoms with van der Waals surface area (Å²) in [5.74, 6) is 0. The van der Waals surface area contributed by atoms with Crippen LogP contribution in [-0.2, 0) is 0 Å². The molecule has 1 aliphatic carbocycles. The predicted octanol–water partition coefficient (Wildman–Crippen LogP) is 2.66. The summed E-state index contributed by atoms with van der Waals surface area (Å²) in [5, 5.41) is 0. The zero-order valence-corrected chi connectivity index (χ0v) is 8.19. The summed E-state index contributed by atoms with van der Waals surface area (Å²) in [7, 11) is 0. The molecule has 1 heteroatoms. The van der Waals surface area contributed by atoms with Crippen LogP contribution in [0.4, 0.5) is 0 Å². The monoisotopic (exact) mass is 155 g/mol. The van der Waals surface area contributed by atoms with Crippen molar-refractivity contribution in [3.63, 3.8) is 0 Å². The number of nitrogens with zero attached hydrogens (tertiary/aromatic N) is 1. The molecule has 0 aromatic heterocycles. The highest BCUT2D eigenvalue weighted by atomic mass is 15.2. The van der Waals surface area contributed by atoms with Crippen LogP contribution in [0, 0.1) is 0 Å². The second-order valence-corrected chi connectivity index (χ2v) is 3.41. The molecule has 0 atom stereocenters. The lowest BCUT2D eigenvalue weighted by Crippen LogP contribution is -2.30. The summed E-state index contributed by atoms with van der Waals surface area (Å²) in [5.41, 5.74) is 0.745. The number of hydrogen-bond acceptors (Lipinski definition) is 1. The lowest BCUT2D eigenvalue weighted by molar-refractivity contribution is 0.249. The minimum atomic E-state index is 0.745. The van der Waals surface area contributed by atoms with Crippen LogP contribution in [-0.4, -0.2) is 23.5 Å². The van der Waals surface area contributed by atoms with Gasteiger partial charge >= 0.3 is 0 Å². The van der Waals surface area contributed by atoms with E-state index in [1.54, 1.807) is 0 Å². The Morgan fingerprint density at radius 2 is 1.82 bits per heavy atom. The second-order valence-electron chi connectivity index (χ2n) is 3.41. The van der Waals surface area contributed by atoms with Crippen molar-refractivity contribution >= 4 is 0 Å². The van der Waals surface area contributed by atoms with Crippen molar-refractivity contribution < 1.29 is 0 Å². The van der Waals surface area contributed by atoms with Gasteiger partial charge in [0.25, 0.3) is 0 Å². The van der Waals surface area contributed by atoms with Crippen molar-refractivity contribution in [1.82, 2.24) is 4.90 Å². The molecule has 2 aliphatic rings. The minimum absolute atomic E-state index is 0.745. The topological polar surface area (TPSA) is 3.24 Å². The molecule has 2 rings (SSSR count). The largest absolute Gasteiger partial charge is 0.298 e. The fourth-order valence-corrected chi connectivity index (χ4v) is 2.20. The Hall–Kier alpha value is -0.0400. The van der Waals surface area contributed by atoms with Crippen LogP contribution in [0.3, 0.4) is 0 Å². The lowest BCUT2D eigenvalue weighted by atomic mass is 10.2. The molecule has 66 valence electrons. The van der Waals surface area contributed by atoms with E-state index in [0.29, 0.717) is 0 Å². The van der Waals surface area contributed by atoms with Gasteiger partial charge in [0.1, 0.15) is 0 Å². The quantitative estimate of drug-likeness (QED) is 0.562. The molecule has 0 unspecified atom stereocenters. The van der Waals surface area contributed by atoms with E-state index in [1.165, 1.54) is 38.8 Å². The first kappa shape index (κ1) is 9.05. The molecule has 1 aliphatic heterocycles. The van der Waals surface area contributed by atoms with Crippen LogP contribution in [0.25, 0.3) is 0 Å². The third kappa shape index (κ3) is 1.58. The van der Waals surface area contributed by atoms with Gasteiger partial charge in [0.15, 0.2) is 0 Å². The van der Waals surface area contributed by atoms with E-state index < -0.39 is 0 Å². The summed E-state index contributed by atoms with van der Waals surface area (Å²) >= 11 is 0. The van der Waals surface area contributed by atoms with Crippen LogP contribution in [0.5, 0.6) is 0 Å². The highest BCUT2D eigenvalue weighted by molar-refractivity contribution is 5.06. The van der Waals surface area contributed by atoms with Gasteiger partial charge in [-0.2, -0.15) is 0 Å². The molecule has 0 aromatic carbocycles. The van der Waals surface area contributed by atoms with Gasteiger partial charge in [0.2, 0.25) is 0 Å². The average Bonchev–Trinajstić information content (AvgIpc) is 2.69. The molecule has 0 amide bonds. The fourth-order valence-electron chi connectivity index (χ4n) is 2.20. The van der Waals surface area contributed by atoms with Gasteiger partial charge in [0.05, 0.1) is 0 Å². The van der Waals surface area contributed by atoms with Gasteiger partial charge in [-0.3, -0.25) is 4.90 Å². The maximum Gasteiger partial charge on any atom is 0.0211 e. The molecule has 1 spiro atoms. The Bertz CT molecular complexity index is 116. The maximum atomic E-state index is 2.66. The first-order chi connectivity index (χ1) is 5.37. The normalized spacial score (nSPS) is 26.5. The Kier molecular flexibility index (Phi) is 2.94. The third-order valence-electron chi connectivity index (χ3n) is 2.95. The highest BCUT2D eigenvalue weighted by Crippen LogP contribution is 2.48. The second kappa shape index (κ2) is 3.57. The van der Waals surface area contributed by atoms with Crippen LogP contribution in [0.1, 0.15) is 46.5 Å². The van der Waals surface area contributed by atoms with Crippen molar-refractivity contribution in [3.05, 3.63) is 0 Å². The number of likely N-dealkylation sites (tertiary alicyclic amines) is 1. The number of rotatable bonds is 1. The van der Waals surface area contributed by atoms with Crippen LogP contribution in [0.2, 0.25) is 0 Å². The van der Waals surface area contributed by atoms with E-state index in [9.17, 15) is 0 Å². The van der Waals surface area contributed by atoms with Gasteiger partial charge in [-0.1, -0.05) is 20.8 Å². The lowest BCUT2D eigenvalue weighted by Gasteiger charge is -2.21. The molecule has 1 nitrogen and oxygen atoms in total. The van der Waals surface area contributed by atoms with Crippen LogP contribution in [0.15, 0.2) is 0 Å². The molecule has 0 bridgehead atoms. The molecular formula is C10H21N. The molecule has 1 saturated heterocycles.